The van der Waals surface area contributed by atoms with Crippen LogP contribution in [-0.2, 0) is 10.9 Å². The molecule has 2 aromatic rings. The van der Waals surface area contributed by atoms with Crippen molar-refractivity contribution in [1.29, 1.82) is 0 Å². The summed E-state index contributed by atoms with van der Waals surface area (Å²) in [7, 11) is 0. The number of nitrogens with one attached hydrogen (secondary N) is 1. The van der Waals surface area contributed by atoms with Crippen molar-refractivity contribution >= 4 is 22.4 Å². The van der Waals surface area contributed by atoms with E-state index in [0.29, 0.717) is 24.5 Å². The zero-order chi connectivity index (χ0) is 17.2. The van der Waals surface area contributed by atoms with Crippen molar-refractivity contribution in [3.8, 4) is 0 Å². The van der Waals surface area contributed by atoms with E-state index >= 15 is 0 Å². The van der Waals surface area contributed by atoms with Crippen molar-refractivity contribution in [3.05, 3.63) is 40.7 Å². The molecular formula is C15H14F3N3O2S. The predicted octanol–water partition coefficient (Wildman–Crippen LogP) is 3.70. The summed E-state index contributed by atoms with van der Waals surface area (Å²) in [5.74, 6) is -0.377. The van der Waals surface area contributed by atoms with Gasteiger partial charge in [0.05, 0.1) is 16.8 Å². The Morgan fingerprint density at radius 2 is 2.04 bits per heavy atom. The molecule has 1 aliphatic rings. The highest BCUT2D eigenvalue weighted by atomic mass is 32.1. The summed E-state index contributed by atoms with van der Waals surface area (Å²) >= 11 is 1.25. The first-order valence-corrected chi connectivity index (χ1v) is 8.18. The molecule has 1 amide bonds. The quantitative estimate of drug-likeness (QED) is 0.910. The lowest BCUT2D eigenvalue weighted by Crippen LogP contribution is -2.16. The number of ether oxygens (including phenoxy) is 1. The van der Waals surface area contributed by atoms with Crippen LogP contribution in [0.15, 0.2) is 23.8 Å². The average Bonchev–Trinajstić information content (AvgIpc) is 3.03. The van der Waals surface area contributed by atoms with Crippen molar-refractivity contribution in [2.24, 2.45) is 0 Å². The highest BCUT2D eigenvalue weighted by molar-refractivity contribution is 7.14. The summed E-state index contributed by atoms with van der Waals surface area (Å²) in [6.07, 6.45) is -1.02. The van der Waals surface area contributed by atoms with E-state index in [1.165, 1.54) is 11.3 Å². The van der Waals surface area contributed by atoms with E-state index in [0.717, 1.165) is 30.8 Å². The number of amides is 1. The summed E-state index contributed by atoms with van der Waals surface area (Å²) in [6.45, 7) is 1.36. The summed E-state index contributed by atoms with van der Waals surface area (Å²) < 4.78 is 43.3. The molecule has 1 saturated heterocycles. The molecule has 0 radical (unpaired) electrons. The molecule has 0 aromatic carbocycles. The topological polar surface area (TPSA) is 64.1 Å². The molecule has 2 aromatic heterocycles. The Labute approximate surface area is 139 Å². The third-order valence-electron chi connectivity index (χ3n) is 3.71. The molecule has 0 spiro atoms. The Kier molecular flexibility index (Phi) is 4.81. The number of alkyl halides is 3. The molecule has 5 nitrogen and oxygen atoms in total. The Hall–Kier alpha value is -2.00. The van der Waals surface area contributed by atoms with Crippen molar-refractivity contribution in [3.63, 3.8) is 0 Å². The van der Waals surface area contributed by atoms with Gasteiger partial charge in [0.25, 0.3) is 5.91 Å². The van der Waals surface area contributed by atoms with E-state index in [9.17, 15) is 18.0 Å². The van der Waals surface area contributed by atoms with Crippen LogP contribution in [0.2, 0.25) is 0 Å². The van der Waals surface area contributed by atoms with Crippen LogP contribution in [-0.4, -0.2) is 29.1 Å². The van der Waals surface area contributed by atoms with Crippen molar-refractivity contribution < 1.29 is 22.7 Å². The highest BCUT2D eigenvalue weighted by Crippen LogP contribution is 2.31. The molecule has 0 saturated carbocycles. The third kappa shape index (κ3) is 3.90. The monoisotopic (exact) mass is 357 g/mol. The van der Waals surface area contributed by atoms with Gasteiger partial charge in [-0.3, -0.25) is 15.1 Å². The van der Waals surface area contributed by atoms with Crippen molar-refractivity contribution in [2.75, 3.05) is 18.5 Å². The first-order valence-electron chi connectivity index (χ1n) is 7.30. The molecule has 9 heteroatoms. The van der Waals surface area contributed by atoms with Crippen molar-refractivity contribution in [1.82, 2.24) is 9.97 Å². The second-order valence-corrected chi connectivity index (χ2v) is 6.24. The van der Waals surface area contributed by atoms with Gasteiger partial charge in [-0.05, 0) is 18.9 Å². The van der Waals surface area contributed by atoms with Gasteiger partial charge < -0.3 is 4.74 Å². The lowest BCUT2D eigenvalue weighted by atomic mass is 9.98. The molecular weight excluding hydrogens is 343 g/mol. The third-order valence-corrected chi connectivity index (χ3v) is 4.49. The molecule has 0 bridgehead atoms. The SMILES string of the molecule is O=C(Nc1nc(C2CCOCC2)cs1)c1cncc(C(F)(F)F)c1. The summed E-state index contributed by atoms with van der Waals surface area (Å²) in [5, 5.41) is 4.74. The minimum absolute atomic E-state index is 0.160. The first kappa shape index (κ1) is 16.8. The second kappa shape index (κ2) is 6.86. The maximum atomic E-state index is 12.7. The number of carbonyl (C=O) groups is 1. The molecule has 128 valence electrons. The van der Waals surface area contributed by atoms with Crippen LogP contribution < -0.4 is 5.32 Å². The molecule has 1 N–H and O–H groups in total. The fourth-order valence-electron chi connectivity index (χ4n) is 2.41. The van der Waals surface area contributed by atoms with E-state index in [2.05, 4.69) is 15.3 Å². The van der Waals surface area contributed by atoms with Crippen LogP contribution in [0.4, 0.5) is 18.3 Å². The predicted molar refractivity (Wildman–Crippen MR) is 82.1 cm³/mol. The van der Waals surface area contributed by atoms with Crippen LogP contribution in [0.1, 0.15) is 40.4 Å². The van der Waals surface area contributed by atoms with Crippen molar-refractivity contribution in [2.45, 2.75) is 24.9 Å². The standard InChI is InChI=1S/C15H14F3N3O2S/c16-15(17,18)11-5-10(6-19-7-11)13(22)21-14-20-12(8-24-14)9-1-3-23-4-2-9/h5-9H,1-4H2,(H,20,21,22). The Morgan fingerprint density at radius 1 is 1.29 bits per heavy atom. The van der Waals surface area contributed by atoms with Gasteiger partial charge in [-0.15, -0.1) is 11.3 Å². The Bertz CT molecular complexity index is 727. The minimum atomic E-state index is -4.54. The molecule has 24 heavy (non-hydrogen) atoms. The van der Waals surface area contributed by atoms with Gasteiger partial charge in [0.15, 0.2) is 5.13 Å². The fraction of sp³-hybridized carbons (Fsp3) is 0.400. The number of thiazole rings is 1. The molecule has 3 heterocycles. The van der Waals surface area contributed by atoms with Gasteiger partial charge >= 0.3 is 6.18 Å². The number of anilines is 1. The van der Waals surface area contributed by atoms with E-state index < -0.39 is 17.6 Å². The molecule has 1 aliphatic heterocycles. The number of rotatable bonds is 3. The largest absolute Gasteiger partial charge is 0.417 e. The van der Waals surface area contributed by atoms with Gasteiger partial charge in [0.2, 0.25) is 0 Å². The van der Waals surface area contributed by atoms with Crippen LogP contribution in [0.3, 0.4) is 0 Å². The fourth-order valence-corrected chi connectivity index (χ4v) is 3.20. The highest BCUT2D eigenvalue weighted by Gasteiger charge is 2.31. The molecule has 0 aliphatic carbocycles. The first-order chi connectivity index (χ1) is 11.4. The Balaban J connectivity index is 1.70. The molecule has 3 rings (SSSR count). The number of hydrogen-bond donors (Lipinski definition) is 1. The number of hydrogen-bond acceptors (Lipinski definition) is 5. The van der Waals surface area contributed by atoms with Crippen LogP contribution in [0, 0.1) is 0 Å². The molecule has 0 unspecified atom stereocenters. The van der Waals surface area contributed by atoms with Gasteiger partial charge in [0, 0.05) is 36.9 Å². The van der Waals surface area contributed by atoms with Gasteiger partial charge in [0.1, 0.15) is 0 Å². The number of carbonyl (C=O) groups excluding carboxylic acids is 1. The number of pyridine rings is 1. The van der Waals surface area contributed by atoms with Gasteiger partial charge in [-0.25, -0.2) is 4.98 Å². The lowest BCUT2D eigenvalue weighted by molar-refractivity contribution is -0.137. The smallest absolute Gasteiger partial charge is 0.381 e. The summed E-state index contributed by atoms with van der Waals surface area (Å²) in [6, 6.07) is 0.773. The van der Waals surface area contributed by atoms with Crippen LogP contribution >= 0.6 is 11.3 Å². The van der Waals surface area contributed by atoms with Gasteiger partial charge in [-0.1, -0.05) is 0 Å². The zero-order valence-electron chi connectivity index (χ0n) is 12.5. The average molecular weight is 357 g/mol. The zero-order valence-corrected chi connectivity index (χ0v) is 13.3. The van der Waals surface area contributed by atoms with Gasteiger partial charge in [-0.2, -0.15) is 13.2 Å². The van der Waals surface area contributed by atoms with Crippen LogP contribution in [0.25, 0.3) is 0 Å². The number of aromatic nitrogens is 2. The molecule has 1 fully saturated rings. The Morgan fingerprint density at radius 3 is 2.75 bits per heavy atom. The van der Waals surface area contributed by atoms with E-state index in [4.69, 9.17) is 4.74 Å². The maximum Gasteiger partial charge on any atom is 0.417 e. The van der Waals surface area contributed by atoms with Crippen LogP contribution in [0.5, 0.6) is 0 Å². The normalized spacial score (nSPS) is 16.1. The number of halogens is 3. The number of nitrogens with zero attached hydrogens (tertiary/aromatic N) is 2. The summed E-state index contributed by atoms with van der Waals surface area (Å²) in [4.78, 5) is 19.9. The van der Waals surface area contributed by atoms with E-state index in [1.807, 2.05) is 5.38 Å². The summed E-state index contributed by atoms with van der Waals surface area (Å²) in [5.41, 5.74) is -0.245. The van der Waals surface area contributed by atoms with E-state index in [-0.39, 0.29) is 11.5 Å². The lowest BCUT2D eigenvalue weighted by Gasteiger charge is -2.19. The minimum Gasteiger partial charge on any atom is -0.381 e. The molecule has 0 atom stereocenters. The van der Waals surface area contributed by atoms with E-state index in [1.54, 1.807) is 0 Å². The second-order valence-electron chi connectivity index (χ2n) is 5.38. The maximum absolute atomic E-state index is 12.7.